The van der Waals surface area contributed by atoms with Gasteiger partial charge in [0, 0.05) is 18.3 Å². The second-order valence-electron chi connectivity index (χ2n) is 5.99. The number of halogens is 2. The molecule has 1 aliphatic rings. The van der Waals surface area contributed by atoms with Crippen LogP contribution in [0.25, 0.3) is 5.69 Å². The van der Waals surface area contributed by atoms with Crippen molar-refractivity contribution in [3.63, 3.8) is 0 Å². The zero-order valence-electron chi connectivity index (χ0n) is 13.1. The van der Waals surface area contributed by atoms with E-state index in [9.17, 15) is 14.9 Å². The molecule has 2 aromatic rings. The molecule has 1 heterocycles. The zero-order chi connectivity index (χ0) is 18.2. The Hall–Kier alpha value is -2.00. The number of benzene rings is 1. The molecular formula is C16H14Br2N4O3. The standard InChI is InChI=1S/C16H14Br2N4O3/c1-15(10-16(15,17)18)14(23)20-19-9-13-6-3-7-21(13)11-4-2-5-12(8-11)22(24)25/h2-9H,10H2,1H3,(H,20,23). The van der Waals surface area contributed by atoms with Gasteiger partial charge in [0.05, 0.1) is 31.2 Å². The third kappa shape index (κ3) is 3.38. The number of carbonyl (C=O) groups is 1. The molecule has 1 atom stereocenters. The van der Waals surface area contributed by atoms with E-state index < -0.39 is 10.3 Å². The molecule has 1 saturated carbocycles. The summed E-state index contributed by atoms with van der Waals surface area (Å²) in [6.07, 6.45) is 3.95. The van der Waals surface area contributed by atoms with Gasteiger partial charge in [-0.2, -0.15) is 5.10 Å². The lowest BCUT2D eigenvalue weighted by Crippen LogP contribution is -2.29. The van der Waals surface area contributed by atoms with Crippen molar-refractivity contribution in [2.24, 2.45) is 10.5 Å². The zero-order valence-corrected chi connectivity index (χ0v) is 16.3. The monoisotopic (exact) mass is 468 g/mol. The first-order chi connectivity index (χ1) is 11.7. The Morgan fingerprint density at radius 2 is 2.12 bits per heavy atom. The highest BCUT2D eigenvalue weighted by atomic mass is 79.9. The van der Waals surface area contributed by atoms with Crippen LogP contribution >= 0.6 is 31.9 Å². The second-order valence-corrected chi connectivity index (χ2v) is 9.76. The smallest absolute Gasteiger partial charge is 0.271 e. The van der Waals surface area contributed by atoms with Crippen LogP contribution < -0.4 is 5.43 Å². The Labute approximate surface area is 160 Å². The first-order valence-electron chi connectivity index (χ1n) is 7.38. The number of hydrogen-bond donors (Lipinski definition) is 1. The Bertz CT molecular complexity index is 878. The molecule has 0 spiro atoms. The van der Waals surface area contributed by atoms with Crippen LogP contribution in [0.4, 0.5) is 5.69 Å². The lowest BCUT2D eigenvalue weighted by Gasteiger charge is -2.10. The summed E-state index contributed by atoms with van der Waals surface area (Å²) < 4.78 is 1.37. The number of hydrazone groups is 1. The number of carbonyl (C=O) groups excluding carboxylic acids is 1. The number of amides is 1. The maximum Gasteiger partial charge on any atom is 0.271 e. The van der Waals surface area contributed by atoms with Crippen molar-refractivity contribution in [1.82, 2.24) is 9.99 Å². The predicted octanol–water partition coefficient (Wildman–Crippen LogP) is 3.73. The van der Waals surface area contributed by atoms with Crippen LogP contribution in [0.5, 0.6) is 0 Å². The van der Waals surface area contributed by atoms with Crippen LogP contribution in [0.1, 0.15) is 19.0 Å². The summed E-state index contributed by atoms with van der Waals surface area (Å²) in [7, 11) is 0. The summed E-state index contributed by atoms with van der Waals surface area (Å²) in [4.78, 5) is 22.7. The van der Waals surface area contributed by atoms with Gasteiger partial charge in [-0.3, -0.25) is 14.9 Å². The molecule has 1 aromatic heterocycles. The lowest BCUT2D eigenvalue weighted by atomic mass is 10.1. The molecule has 0 bridgehead atoms. The van der Waals surface area contributed by atoms with Gasteiger partial charge in [0.1, 0.15) is 0 Å². The van der Waals surface area contributed by atoms with Crippen molar-refractivity contribution in [1.29, 1.82) is 0 Å². The van der Waals surface area contributed by atoms with Crippen molar-refractivity contribution in [3.05, 3.63) is 58.4 Å². The summed E-state index contributed by atoms with van der Waals surface area (Å²) >= 11 is 6.89. The molecule has 1 fully saturated rings. The van der Waals surface area contributed by atoms with Gasteiger partial charge in [-0.1, -0.05) is 37.9 Å². The van der Waals surface area contributed by atoms with Crippen molar-refractivity contribution in [2.45, 2.75) is 16.6 Å². The molecule has 0 aliphatic heterocycles. The Balaban J connectivity index is 1.75. The van der Waals surface area contributed by atoms with Gasteiger partial charge < -0.3 is 4.57 Å². The average molecular weight is 470 g/mol. The van der Waals surface area contributed by atoms with E-state index in [4.69, 9.17) is 0 Å². The van der Waals surface area contributed by atoms with Gasteiger partial charge in [-0.05, 0) is 31.5 Å². The third-order valence-electron chi connectivity index (χ3n) is 4.22. The Morgan fingerprint density at radius 1 is 1.40 bits per heavy atom. The molecular weight excluding hydrogens is 456 g/mol. The van der Waals surface area contributed by atoms with E-state index in [0.717, 1.165) is 0 Å². The molecule has 25 heavy (non-hydrogen) atoms. The SMILES string of the molecule is CC1(C(=O)NN=Cc2cccn2-c2cccc([N+](=O)[O-])c2)CC1(Br)Br. The first kappa shape index (κ1) is 17.8. The predicted molar refractivity (Wildman–Crippen MR) is 101 cm³/mol. The van der Waals surface area contributed by atoms with E-state index in [-0.39, 0.29) is 14.8 Å². The van der Waals surface area contributed by atoms with Crippen LogP contribution in [0.2, 0.25) is 0 Å². The normalized spacial score (nSPS) is 21.2. The summed E-state index contributed by atoms with van der Waals surface area (Å²) in [5.74, 6) is -0.189. The van der Waals surface area contributed by atoms with E-state index in [0.29, 0.717) is 17.8 Å². The minimum atomic E-state index is -0.549. The maximum absolute atomic E-state index is 12.2. The van der Waals surface area contributed by atoms with Crippen LogP contribution in [-0.2, 0) is 4.79 Å². The molecule has 3 rings (SSSR count). The fourth-order valence-electron chi connectivity index (χ4n) is 2.42. The van der Waals surface area contributed by atoms with E-state index in [1.165, 1.54) is 18.3 Å². The summed E-state index contributed by atoms with van der Waals surface area (Å²) in [5, 5.41) is 14.9. The molecule has 1 N–H and O–H groups in total. The fourth-order valence-corrected chi connectivity index (χ4v) is 3.90. The number of alkyl halides is 2. The van der Waals surface area contributed by atoms with E-state index >= 15 is 0 Å². The molecule has 1 unspecified atom stereocenters. The van der Waals surface area contributed by atoms with Crippen LogP contribution in [0, 0.1) is 15.5 Å². The van der Waals surface area contributed by atoms with Crippen molar-refractivity contribution in [3.8, 4) is 5.69 Å². The molecule has 1 amide bonds. The Kier molecular flexibility index (Phi) is 4.54. The van der Waals surface area contributed by atoms with Gasteiger partial charge in [-0.15, -0.1) is 0 Å². The molecule has 1 aromatic carbocycles. The number of nitro groups is 1. The topological polar surface area (TPSA) is 89.5 Å². The largest absolute Gasteiger partial charge is 0.315 e. The summed E-state index contributed by atoms with van der Waals surface area (Å²) in [6.45, 7) is 1.84. The molecule has 130 valence electrons. The molecule has 0 radical (unpaired) electrons. The number of nitrogens with one attached hydrogen (secondary N) is 1. The van der Waals surface area contributed by atoms with Crippen molar-refractivity contribution < 1.29 is 9.72 Å². The van der Waals surface area contributed by atoms with Gasteiger partial charge in [0.15, 0.2) is 0 Å². The van der Waals surface area contributed by atoms with E-state index in [1.807, 2.05) is 6.92 Å². The molecule has 0 saturated heterocycles. The van der Waals surface area contributed by atoms with Gasteiger partial charge in [0.25, 0.3) is 5.69 Å². The van der Waals surface area contributed by atoms with E-state index in [2.05, 4.69) is 42.4 Å². The average Bonchev–Trinajstić information content (AvgIpc) is 2.90. The number of nitrogens with zero attached hydrogens (tertiary/aromatic N) is 3. The first-order valence-corrected chi connectivity index (χ1v) is 8.97. The molecule has 7 nitrogen and oxygen atoms in total. The number of aromatic nitrogens is 1. The van der Waals surface area contributed by atoms with Crippen molar-refractivity contribution >= 4 is 49.7 Å². The highest BCUT2D eigenvalue weighted by molar-refractivity contribution is 9.25. The molecule has 1 aliphatic carbocycles. The van der Waals surface area contributed by atoms with Crippen LogP contribution in [0.3, 0.4) is 0 Å². The van der Waals surface area contributed by atoms with E-state index in [1.54, 1.807) is 35.0 Å². The second kappa shape index (κ2) is 6.38. The van der Waals surface area contributed by atoms with Crippen LogP contribution in [0.15, 0.2) is 47.7 Å². The quantitative estimate of drug-likeness (QED) is 0.313. The molecule has 9 heteroatoms. The minimum absolute atomic E-state index is 0.00929. The number of rotatable bonds is 5. The summed E-state index contributed by atoms with van der Waals surface area (Å²) in [5.41, 5.74) is 3.32. The van der Waals surface area contributed by atoms with Crippen molar-refractivity contribution in [2.75, 3.05) is 0 Å². The van der Waals surface area contributed by atoms with Gasteiger partial charge in [0.2, 0.25) is 5.91 Å². The summed E-state index contributed by atoms with van der Waals surface area (Å²) in [6, 6.07) is 9.89. The fraction of sp³-hybridized carbons (Fsp3) is 0.250. The number of hydrogen-bond acceptors (Lipinski definition) is 4. The number of nitro benzene ring substituents is 1. The highest BCUT2D eigenvalue weighted by Gasteiger charge is 2.66. The minimum Gasteiger partial charge on any atom is -0.315 e. The van der Waals surface area contributed by atoms with Gasteiger partial charge >= 0.3 is 0 Å². The lowest BCUT2D eigenvalue weighted by molar-refractivity contribution is -0.384. The van der Waals surface area contributed by atoms with Crippen LogP contribution in [-0.4, -0.2) is 24.8 Å². The highest BCUT2D eigenvalue weighted by Crippen LogP contribution is 2.66. The number of non-ortho nitro benzene ring substituents is 1. The third-order valence-corrected chi connectivity index (χ3v) is 6.53. The van der Waals surface area contributed by atoms with Gasteiger partial charge in [-0.25, -0.2) is 5.43 Å². The maximum atomic E-state index is 12.2. The Morgan fingerprint density at radius 3 is 2.76 bits per heavy atom.